The zero-order valence-corrected chi connectivity index (χ0v) is 14.3. The minimum atomic E-state index is -1.38. The summed E-state index contributed by atoms with van der Waals surface area (Å²) in [5.41, 5.74) is 2.00. The van der Waals surface area contributed by atoms with Gasteiger partial charge in [-0.2, -0.15) is 5.26 Å². The zero-order chi connectivity index (χ0) is 16.8. The molecule has 0 spiro atoms. The van der Waals surface area contributed by atoms with Crippen molar-refractivity contribution in [1.29, 1.82) is 5.26 Å². The average molecular weight is 325 g/mol. The monoisotopic (exact) mass is 325 g/mol. The van der Waals surface area contributed by atoms with Crippen molar-refractivity contribution in [1.82, 2.24) is 4.90 Å². The van der Waals surface area contributed by atoms with E-state index < -0.39 is 10.8 Å². The number of aliphatic imine (C=N–C) groups is 1. The topological polar surface area (TPSA) is 56.5 Å². The third-order valence-electron chi connectivity index (χ3n) is 3.47. The van der Waals surface area contributed by atoms with E-state index in [0.29, 0.717) is 15.4 Å². The summed E-state index contributed by atoms with van der Waals surface area (Å²) in [6.07, 6.45) is 1.73. The molecule has 1 atom stereocenters. The second-order valence-corrected chi connectivity index (χ2v) is 6.59. The molecule has 0 aliphatic rings. The Labute approximate surface area is 139 Å². The fraction of sp³-hybridized carbons (Fsp3) is 0.222. The van der Waals surface area contributed by atoms with Crippen molar-refractivity contribution in [2.75, 3.05) is 13.6 Å². The molecule has 2 aromatic rings. The predicted molar refractivity (Wildman–Crippen MR) is 93.5 cm³/mol. The van der Waals surface area contributed by atoms with E-state index in [2.05, 4.69) is 11.1 Å². The smallest absolute Gasteiger partial charge is 0.100 e. The lowest BCUT2D eigenvalue weighted by atomic mass is 10.1. The molecule has 5 heteroatoms. The predicted octanol–water partition coefficient (Wildman–Crippen LogP) is 3.64. The summed E-state index contributed by atoms with van der Waals surface area (Å²) in [5, 5.41) is 9.41. The fourth-order valence-electron chi connectivity index (χ4n) is 1.96. The highest BCUT2D eigenvalue weighted by Crippen LogP contribution is 2.27. The Kier molecular flexibility index (Phi) is 5.67. The minimum Gasteiger partial charge on any atom is -0.366 e. The molecule has 0 fully saturated rings. The van der Waals surface area contributed by atoms with E-state index >= 15 is 0 Å². The van der Waals surface area contributed by atoms with Gasteiger partial charge in [-0.05, 0) is 43.7 Å². The van der Waals surface area contributed by atoms with Gasteiger partial charge in [0.1, 0.15) is 6.07 Å². The van der Waals surface area contributed by atoms with E-state index in [1.165, 1.54) is 0 Å². The molecule has 0 aliphatic carbocycles. The van der Waals surface area contributed by atoms with Gasteiger partial charge in [-0.25, -0.2) is 9.20 Å². The van der Waals surface area contributed by atoms with E-state index in [0.717, 1.165) is 17.8 Å². The lowest BCUT2D eigenvalue weighted by Crippen LogP contribution is -2.14. The van der Waals surface area contributed by atoms with Gasteiger partial charge in [0.15, 0.2) is 0 Å². The molecular formula is C18H19N3OS. The van der Waals surface area contributed by atoms with E-state index in [1.54, 1.807) is 30.6 Å². The van der Waals surface area contributed by atoms with Gasteiger partial charge in [0.25, 0.3) is 0 Å². The Morgan fingerprint density at radius 3 is 2.61 bits per heavy atom. The van der Waals surface area contributed by atoms with Crippen LogP contribution in [0, 0.1) is 18.3 Å². The molecule has 0 amide bonds. The van der Waals surface area contributed by atoms with Gasteiger partial charge in [0.2, 0.25) is 0 Å². The lowest BCUT2D eigenvalue weighted by Gasteiger charge is -2.11. The van der Waals surface area contributed by atoms with Crippen LogP contribution in [0.15, 0.2) is 57.2 Å². The Hall–Kier alpha value is -2.45. The van der Waals surface area contributed by atoms with E-state index in [-0.39, 0.29) is 0 Å². The van der Waals surface area contributed by atoms with Crippen molar-refractivity contribution < 1.29 is 4.21 Å². The molecule has 4 nitrogen and oxygen atoms in total. The summed E-state index contributed by atoms with van der Waals surface area (Å²) in [4.78, 5) is 7.57. The van der Waals surface area contributed by atoms with Gasteiger partial charge in [-0.3, -0.25) is 0 Å². The third kappa shape index (κ3) is 4.05. The van der Waals surface area contributed by atoms with Gasteiger partial charge in [-0.15, -0.1) is 0 Å². The molecule has 0 radical (unpaired) electrons. The maximum Gasteiger partial charge on any atom is 0.100 e. The molecule has 2 rings (SSSR count). The Morgan fingerprint density at radius 1 is 1.30 bits per heavy atom. The van der Waals surface area contributed by atoms with Gasteiger partial charge in [-0.1, -0.05) is 18.2 Å². The summed E-state index contributed by atoms with van der Waals surface area (Å²) in [5.74, 6) is 0. The summed E-state index contributed by atoms with van der Waals surface area (Å²) >= 11 is 0. The van der Waals surface area contributed by atoms with Crippen LogP contribution in [0.25, 0.3) is 0 Å². The standard InChI is InChI=1S/C18H19N3OS/c1-4-21(3)13-20-17-11-15(12-19)18(10-14(17)2)23(22)16-8-6-5-7-9-16/h5-11,13H,4H2,1-3H3. The largest absolute Gasteiger partial charge is 0.366 e. The number of hydrogen-bond acceptors (Lipinski definition) is 3. The van der Waals surface area contributed by atoms with E-state index in [9.17, 15) is 9.47 Å². The molecule has 2 aromatic carbocycles. The number of nitrogens with zero attached hydrogens (tertiary/aromatic N) is 3. The maximum absolute atomic E-state index is 12.7. The Balaban J connectivity index is 2.44. The molecule has 0 saturated carbocycles. The molecule has 1 unspecified atom stereocenters. The van der Waals surface area contributed by atoms with Crippen LogP contribution >= 0.6 is 0 Å². The fourth-order valence-corrected chi connectivity index (χ4v) is 3.21. The Morgan fingerprint density at radius 2 is 2.00 bits per heavy atom. The van der Waals surface area contributed by atoms with Crippen LogP contribution in [-0.4, -0.2) is 29.0 Å². The van der Waals surface area contributed by atoms with Crippen molar-refractivity contribution in [3.63, 3.8) is 0 Å². The molecular weight excluding hydrogens is 306 g/mol. The van der Waals surface area contributed by atoms with Crippen molar-refractivity contribution in [2.24, 2.45) is 4.99 Å². The van der Waals surface area contributed by atoms with Crippen LogP contribution < -0.4 is 0 Å². The molecule has 0 aliphatic heterocycles. The Bertz CT molecular complexity index is 779. The van der Waals surface area contributed by atoms with Crippen LogP contribution in [0.3, 0.4) is 0 Å². The molecule has 0 aromatic heterocycles. The maximum atomic E-state index is 12.7. The first kappa shape index (κ1) is 16.9. The number of rotatable bonds is 5. The van der Waals surface area contributed by atoms with Crippen molar-refractivity contribution in [3.8, 4) is 6.07 Å². The molecule has 0 saturated heterocycles. The van der Waals surface area contributed by atoms with Crippen LogP contribution in [0.2, 0.25) is 0 Å². The molecule has 23 heavy (non-hydrogen) atoms. The molecule has 0 bridgehead atoms. The van der Waals surface area contributed by atoms with Crippen LogP contribution in [0.5, 0.6) is 0 Å². The molecule has 0 N–H and O–H groups in total. The number of benzene rings is 2. The average Bonchev–Trinajstić information content (AvgIpc) is 2.60. The second kappa shape index (κ2) is 7.70. The van der Waals surface area contributed by atoms with Crippen molar-refractivity contribution in [2.45, 2.75) is 23.6 Å². The first-order valence-electron chi connectivity index (χ1n) is 7.32. The second-order valence-electron chi connectivity index (χ2n) is 5.15. The van der Waals surface area contributed by atoms with Crippen molar-refractivity contribution >= 4 is 22.8 Å². The normalized spacial score (nSPS) is 12.1. The van der Waals surface area contributed by atoms with Gasteiger partial charge >= 0.3 is 0 Å². The van der Waals surface area contributed by atoms with Crippen LogP contribution in [-0.2, 0) is 10.8 Å². The highest BCUT2D eigenvalue weighted by molar-refractivity contribution is 7.85. The third-order valence-corrected chi connectivity index (χ3v) is 4.91. The minimum absolute atomic E-state index is 0.393. The lowest BCUT2D eigenvalue weighted by molar-refractivity contribution is 0.552. The summed E-state index contributed by atoms with van der Waals surface area (Å²) in [7, 11) is 0.558. The van der Waals surface area contributed by atoms with Crippen LogP contribution in [0.4, 0.5) is 5.69 Å². The first-order valence-corrected chi connectivity index (χ1v) is 8.47. The van der Waals surface area contributed by atoms with Gasteiger partial charge in [0, 0.05) is 18.5 Å². The molecule has 118 valence electrons. The number of nitriles is 1. The number of aryl methyl sites for hydroxylation is 1. The number of hydrogen-bond donors (Lipinski definition) is 0. The zero-order valence-electron chi connectivity index (χ0n) is 13.5. The van der Waals surface area contributed by atoms with Crippen LogP contribution in [0.1, 0.15) is 18.1 Å². The molecule has 0 heterocycles. The summed E-state index contributed by atoms with van der Waals surface area (Å²) < 4.78 is 12.7. The summed E-state index contributed by atoms with van der Waals surface area (Å²) in [6.45, 7) is 4.79. The van der Waals surface area contributed by atoms with Crippen molar-refractivity contribution in [3.05, 3.63) is 53.6 Å². The summed E-state index contributed by atoms with van der Waals surface area (Å²) in [6, 6.07) is 14.8. The highest BCUT2D eigenvalue weighted by atomic mass is 32.2. The first-order chi connectivity index (χ1) is 11.1. The quantitative estimate of drug-likeness (QED) is 0.623. The van der Waals surface area contributed by atoms with E-state index in [1.807, 2.05) is 44.0 Å². The SMILES string of the molecule is CCN(C)C=Nc1cc(C#N)c(S(=O)c2ccccc2)cc1C. The van der Waals surface area contributed by atoms with Gasteiger partial charge in [0.05, 0.1) is 33.3 Å². The highest BCUT2D eigenvalue weighted by Gasteiger charge is 2.14. The van der Waals surface area contributed by atoms with Gasteiger partial charge < -0.3 is 4.90 Å². The van der Waals surface area contributed by atoms with E-state index in [4.69, 9.17) is 0 Å².